The molecule has 0 spiro atoms. The molecule has 0 fully saturated rings. The molecule has 3 rings (SSSR count). The molecule has 1 aromatic heterocycles. The number of hydrogen-bond donors (Lipinski definition) is 1. The van der Waals surface area contributed by atoms with Crippen molar-refractivity contribution in [3.8, 4) is 0 Å². The summed E-state index contributed by atoms with van der Waals surface area (Å²) in [7, 11) is 0. The number of benzene rings is 1. The maximum atomic E-state index is 4.34. The van der Waals surface area contributed by atoms with Gasteiger partial charge in [-0.25, -0.2) is 0 Å². The Morgan fingerprint density at radius 2 is 2.15 bits per heavy atom. The fourth-order valence-electron chi connectivity index (χ4n) is 2.89. The minimum Gasteiger partial charge on any atom is -0.314 e. The second-order valence-corrected chi connectivity index (χ2v) is 5.76. The molecule has 106 valence electrons. The van der Waals surface area contributed by atoms with E-state index in [1.54, 1.807) is 0 Å². The van der Waals surface area contributed by atoms with Crippen LogP contribution in [-0.2, 0) is 19.5 Å². The molecule has 1 aromatic carbocycles. The van der Waals surface area contributed by atoms with E-state index >= 15 is 0 Å². The summed E-state index contributed by atoms with van der Waals surface area (Å²) >= 11 is 0. The molecule has 2 aromatic rings. The lowest BCUT2D eigenvalue weighted by Crippen LogP contribution is -2.22. The van der Waals surface area contributed by atoms with Gasteiger partial charge in [0, 0.05) is 19.5 Å². The average molecular weight is 270 g/mol. The van der Waals surface area contributed by atoms with E-state index in [1.807, 2.05) is 0 Å². The smallest absolute Gasteiger partial charge is 0.149 e. The number of rotatable bonds is 4. The summed E-state index contributed by atoms with van der Waals surface area (Å²) in [5.41, 5.74) is 4.01. The van der Waals surface area contributed by atoms with Crippen molar-refractivity contribution in [1.29, 1.82) is 0 Å². The highest BCUT2D eigenvalue weighted by atomic mass is 15.3. The van der Waals surface area contributed by atoms with Crippen LogP contribution >= 0.6 is 0 Å². The van der Waals surface area contributed by atoms with Crippen LogP contribution in [0.3, 0.4) is 0 Å². The van der Waals surface area contributed by atoms with Crippen LogP contribution in [0, 0.1) is 13.8 Å². The van der Waals surface area contributed by atoms with Crippen LogP contribution in [0.4, 0.5) is 0 Å². The Bertz CT molecular complexity index is 615. The molecular formula is C16H22N4. The van der Waals surface area contributed by atoms with Crippen LogP contribution in [0.15, 0.2) is 18.2 Å². The largest absolute Gasteiger partial charge is 0.314 e. The fraction of sp³-hybridized carbons (Fsp3) is 0.500. The summed E-state index contributed by atoms with van der Waals surface area (Å²) in [4.78, 5) is 0. The maximum Gasteiger partial charge on any atom is 0.149 e. The predicted octanol–water partition coefficient (Wildman–Crippen LogP) is 2.69. The Morgan fingerprint density at radius 1 is 1.30 bits per heavy atom. The van der Waals surface area contributed by atoms with E-state index in [1.165, 1.54) is 23.1 Å². The Labute approximate surface area is 120 Å². The minimum absolute atomic E-state index is 0.232. The molecule has 0 amide bonds. The first-order chi connectivity index (χ1) is 9.65. The van der Waals surface area contributed by atoms with E-state index < -0.39 is 0 Å². The van der Waals surface area contributed by atoms with Crippen molar-refractivity contribution >= 4 is 0 Å². The normalized spacial score (nSPS) is 15.3. The molecule has 0 saturated carbocycles. The second kappa shape index (κ2) is 5.37. The van der Waals surface area contributed by atoms with Gasteiger partial charge in [0.25, 0.3) is 0 Å². The van der Waals surface area contributed by atoms with Crippen LogP contribution in [0.1, 0.15) is 47.7 Å². The van der Waals surface area contributed by atoms with Crippen LogP contribution in [0.25, 0.3) is 0 Å². The molecule has 1 atom stereocenters. The van der Waals surface area contributed by atoms with Crippen molar-refractivity contribution < 1.29 is 0 Å². The highest BCUT2D eigenvalue weighted by Gasteiger charge is 2.20. The molecule has 0 saturated heterocycles. The zero-order chi connectivity index (χ0) is 14.1. The molecule has 0 bridgehead atoms. The SMILES string of the molecule is Cc1ccc(CNC(C)c2nnc3n2CCC3)c(C)c1. The molecular weight excluding hydrogens is 248 g/mol. The zero-order valence-electron chi connectivity index (χ0n) is 12.5. The van der Waals surface area contributed by atoms with Crippen LogP contribution in [-0.4, -0.2) is 14.8 Å². The summed E-state index contributed by atoms with van der Waals surface area (Å²) in [6.45, 7) is 8.40. The molecule has 4 heteroatoms. The molecule has 1 aliphatic rings. The molecule has 0 radical (unpaired) electrons. The minimum atomic E-state index is 0.232. The number of hydrogen-bond acceptors (Lipinski definition) is 3. The van der Waals surface area contributed by atoms with E-state index in [0.29, 0.717) is 0 Å². The van der Waals surface area contributed by atoms with Crippen molar-refractivity contribution in [2.24, 2.45) is 0 Å². The second-order valence-electron chi connectivity index (χ2n) is 5.76. The lowest BCUT2D eigenvalue weighted by Gasteiger charge is -2.15. The van der Waals surface area contributed by atoms with Gasteiger partial charge >= 0.3 is 0 Å². The molecule has 2 heterocycles. The Kier molecular flexibility index (Phi) is 3.57. The van der Waals surface area contributed by atoms with Crippen molar-refractivity contribution in [3.63, 3.8) is 0 Å². The van der Waals surface area contributed by atoms with Gasteiger partial charge in [-0.1, -0.05) is 23.8 Å². The van der Waals surface area contributed by atoms with Gasteiger partial charge in [-0.15, -0.1) is 10.2 Å². The quantitative estimate of drug-likeness (QED) is 0.929. The Hall–Kier alpha value is -1.68. The van der Waals surface area contributed by atoms with Crippen molar-refractivity contribution in [1.82, 2.24) is 20.1 Å². The number of nitrogens with one attached hydrogen (secondary N) is 1. The zero-order valence-corrected chi connectivity index (χ0v) is 12.5. The third-order valence-electron chi connectivity index (χ3n) is 4.12. The van der Waals surface area contributed by atoms with E-state index in [0.717, 1.165) is 31.2 Å². The number of fused-ring (bicyclic) bond motifs is 1. The van der Waals surface area contributed by atoms with E-state index in [9.17, 15) is 0 Å². The number of nitrogens with zero attached hydrogens (tertiary/aromatic N) is 3. The maximum absolute atomic E-state index is 4.34. The van der Waals surface area contributed by atoms with Crippen molar-refractivity contribution in [2.75, 3.05) is 0 Å². The summed E-state index contributed by atoms with van der Waals surface area (Å²) in [5, 5.41) is 12.2. The highest BCUT2D eigenvalue weighted by molar-refractivity contribution is 5.30. The Morgan fingerprint density at radius 3 is 2.95 bits per heavy atom. The number of aromatic nitrogens is 3. The van der Waals surface area contributed by atoms with Gasteiger partial charge in [-0.05, 0) is 38.3 Å². The lowest BCUT2D eigenvalue weighted by molar-refractivity contribution is 0.515. The van der Waals surface area contributed by atoms with E-state index in [2.05, 4.69) is 59.1 Å². The van der Waals surface area contributed by atoms with Crippen molar-refractivity contribution in [3.05, 3.63) is 46.5 Å². The summed E-state index contributed by atoms with van der Waals surface area (Å²) in [6, 6.07) is 6.84. The van der Waals surface area contributed by atoms with Gasteiger partial charge in [-0.3, -0.25) is 0 Å². The standard InChI is InChI=1S/C16H22N4/c1-11-6-7-14(12(2)9-11)10-17-13(3)16-19-18-15-5-4-8-20(15)16/h6-7,9,13,17H,4-5,8,10H2,1-3H3. The topological polar surface area (TPSA) is 42.7 Å². The van der Waals surface area contributed by atoms with Crippen LogP contribution in [0.2, 0.25) is 0 Å². The summed E-state index contributed by atoms with van der Waals surface area (Å²) in [5.74, 6) is 2.21. The monoisotopic (exact) mass is 270 g/mol. The van der Waals surface area contributed by atoms with Gasteiger partial charge in [0.15, 0.2) is 0 Å². The summed E-state index contributed by atoms with van der Waals surface area (Å²) < 4.78 is 2.26. The first-order valence-electron chi connectivity index (χ1n) is 7.36. The van der Waals surface area contributed by atoms with Crippen LogP contribution in [0.5, 0.6) is 0 Å². The van der Waals surface area contributed by atoms with Crippen molar-refractivity contribution in [2.45, 2.75) is 52.7 Å². The van der Waals surface area contributed by atoms with Gasteiger partial charge in [-0.2, -0.15) is 0 Å². The third kappa shape index (κ3) is 2.48. The lowest BCUT2D eigenvalue weighted by atomic mass is 10.1. The van der Waals surface area contributed by atoms with Gasteiger partial charge in [0.2, 0.25) is 0 Å². The van der Waals surface area contributed by atoms with Crippen LogP contribution < -0.4 is 5.32 Å². The Balaban J connectivity index is 1.68. The average Bonchev–Trinajstić information content (AvgIpc) is 2.99. The summed E-state index contributed by atoms with van der Waals surface area (Å²) in [6.07, 6.45) is 2.26. The fourth-order valence-corrected chi connectivity index (χ4v) is 2.89. The molecule has 1 unspecified atom stereocenters. The molecule has 4 nitrogen and oxygen atoms in total. The van der Waals surface area contributed by atoms with Gasteiger partial charge < -0.3 is 9.88 Å². The van der Waals surface area contributed by atoms with E-state index in [-0.39, 0.29) is 6.04 Å². The van der Waals surface area contributed by atoms with E-state index in [4.69, 9.17) is 0 Å². The molecule has 0 aliphatic carbocycles. The third-order valence-corrected chi connectivity index (χ3v) is 4.12. The number of aryl methyl sites for hydroxylation is 3. The van der Waals surface area contributed by atoms with Gasteiger partial charge in [0.05, 0.1) is 6.04 Å². The molecule has 1 N–H and O–H groups in total. The first-order valence-corrected chi connectivity index (χ1v) is 7.36. The predicted molar refractivity (Wildman–Crippen MR) is 79.5 cm³/mol. The molecule has 20 heavy (non-hydrogen) atoms. The van der Waals surface area contributed by atoms with Gasteiger partial charge in [0.1, 0.15) is 11.6 Å². The highest BCUT2D eigenvalue weighted by Crippen LogP contribution is 2.19. The molecule has 1 aliphatic heterocycles. The first kappa shape index (κ1) is 13.3.